The van der Waals surface area contributed by atoms with Crippen molar-refractivity contribution in [2.75, 3.05) is 0 Å². The van der Waals surface area contributed by atoms with Crippen LogP contribution in [0.3, 0.4) is 0 Å². The van der Waals surface area contributed by atoms with E-state index in [0.29, 0.717) is 0 Å². The number of aromatic nitrogens is 2. The topological polar surface area (TPSA) is 38.9 Å². The quantitative estimate of drug-likeness (QED) is 0.181. The van der Waals surface area contributed by atoms with Crippen molar-refractivity contribution >= 4 is 64.7 Å². The Bertz CT molecular complexity index is 4100. The summed E-state index contributed by atoms with van der Waals surface area (Å²) in [7, 11) is 0. The normalized spacial score (nSPS) is 22.6. The fourth-order valence-electron chi connectivity index (χ4n) is 5.72. The van der Waals surface area contributed by atoms with Gasteiger partial charge in [-0.15, -0.1) is 11.3 Å². The van der Waals surface area contributed by atoms with Crippen LogP contribution in [-0.2, 0) is 0 Å². The van der Waals surface area contributed by atoms with Crippen LogP contribution in [0.2, 0.25) is 0 Å². The van der Waals surface area contributed by atoms with Crippen molar-refractivity contribution in [2.45, 2.75) is 12.8 Å². The highest BCUT2D eigenvalue weighted by Gasteiger charge is 2.18. The molecule has 50 heavy (non-hydrogen) atoms. The molecule has 0 saturated heterocycles. The Morgan fingerprint density at radius 2 is 1.46 bits per heavy atom. The highest BCUT2D eigenvalue weighted by molar-refractivity contribution is 7.26. The fourth-order valence-corrected chi connectivity index (χ4v) is 6.79. The van der Waals surface area contributed by atoms with Crippen molar-refractivity contribution in [1.29, 1.82) is 0 Å². The standard InChI is InChI=1S/C46H30N2OS/c1-2-9-29(10-3-1)30-19-21-31(22-20-30)32-11-6-12-33(25-32)34-23-24-41-40(27-34)44-45(49-41)43(47-28-48-44)36-14-7-13-35(26-36)37-16-8-17-39-38-15-4-5-18-42(38)50-46(37)39/h1-19,21,23-28H,20,22H2/i1D,2D,3D,4D,5D,6D,8D,9D,11D,12D,13D,14D,15D,16D,17D,18D,19D,20D,21D,22D2,25D,26D. The highest BCUT2D eigenvalue weighted by Crippen LogP contribution is 2.42. The molecular formula is C46H30N2OS. The van der Waals surface area contributed by atoms with E-state index in [0.717, 1.165) is 29.8 Å². The summed E-state index contributed by atoms with van der Waals surface area (Å²) in [4.78, 5) is 8.78. The van der Waals surface area contributed by atoms with Gasteiger partial charge in [0.05, 0.1) is 27.4 Å². The molecule has 3 heterocycles. The summed E-state index contributed by atoms with van der Waals surface area (Å²) in [6, 6.07) is -6.08. The number of rotatable bonds is 5. The molecule has 0 saturated carbocycles. The Kier molecular flexibility index (Phi) is 3.31. The zero-order chi connectivity index (χ0) is 53.1. The van der Waals surface area contributed by atoms with Crippen LogP contribution < -0.4 is 0 Å². The van der Waals surface area contributed by atoms with Crippen LogP contribution in [0.25, 0.3) is 86.9 Å². The summed E-state index contributed by atoms with van der Waals surface area (Å²) >= 11 is 0.813. The molecule has 3 nitrogen and oxygen atoms in total. The number of furan rings is 1. The van der Waals surface area contributed by atoms with Crippen LogP contribution in [0.15, 0.2) is 162 Å². The van der Waals surface area contributed by atoms with E-state index in [1.54, 1.807) is 0 Å². The molecule has 9 aromatic rings. The average Bonchev–Trinajstić information content (AvgIpc) is 3.93. The first-order valence-corrected chi connectivity index (χ1v) is 15.8. The predicted molar refractivity (Wildman–Crippen MR) is 210 cm³/mol. The van der Waals surface area contributed by atoms with Gasteiger partial charge in [0.2, 0.25) is 0 Å². The third-order valence-corrected chi connectivity index (χ3v) is 9.16. The lowest BCUT2D eigenvalue weighted by Gasteiger charge is -2.16. The van der Waals surface area contributed by atoms with Crippen LogP contribution in [-0.4, -0.2) is 9.97 Å². The van der Waals surface area contributed by atoms with E-state index in [1.165, 1.54) is 18.2 Å². The number of hydrogen-bond acceptors (Lipinski definition) is 4. The molecule has 4 heteroatoms. The molecule has 0 fully saturated rings. The van der Waals surface area contributed by atoms with Crippen LogP contribution in [0.1, 0.15) is 55.4 Å². The van der Waals surface area contributed by atoms with Crippen molar-refractivity contribution in [2.24, 2.45) is 0 Å². The largest absolute Gasteiger partial charge is 0.452 e. The lowest BCUT2D eigenvalue weighted by atomic mass is 9.89. The zero-order valence-corrected chi connectivity index (χ0v) is 26.1. The lowest BCUT2D eigenvalue weighted by Crippen LogP contribution is -1.94. The molecule has 1 unspecified atom stereocenters. The molecule has 236 valence electrons. The first kappa shape index (κ1) is 14.0. The van der Waals surface area contributed by atoms with Crippen LogP contribution in [0, 0.1) is 0 Å². The van der Waals surface area contributed by atoms with Gasteiger partial charge in [-0.2, -0.15) is 0 Å². The minimum atomic E-state index is -3.01. The number of fused-ring (bicyclic) bond motifs is 6. The van der Waals surface area contributed by atoms with Gasteiger partial charge in [0.25, 0.3) is 0 Å². The molecule has 0 N–H and O–H groups in total. The van der Waals surface area contributed by atoms with Crippen molar-refractivity contribution < 1.29 is 35.9 Å². The second-order valence-corrected chi connectivity index (χ2v) is 12.0. The second kappa shape index (κ2) is 11.8. The summed E-state index contributed by atoms with van der Waals surface area (Å²) in [5, 5.41) is 0.0666. The number of thiophene rings is 1. The van der Waals surface area contributed by atoms with Gasteiger partial charge in [0.1, 0.15) is 23.1 Å². The van der Waals surface area contributed by atoms with Gasteiger partial charge in [0.15, 0.2) is 5.58 Å². The molecule has 0 aliphatic heterocycles. The lowest BCUT2D eigenvalue weighted by molar-refractivity contribution is 0.667. The van der Waals surface area contributed by atoms with E-state index >= 15 is 0 Å². The van der Waals surface area contributed by atoms with Crippen molar-refractivity contribution in [3.05, 3.63) is 169 Å². The summed E-state index contributed by atoms with van der Waals surface area (Å²) in [5.74, 6) is 0. The van der Waals surface area contributed by atoms with E-state index < -0.39 is 150 Å². The van der Waals surface area contributed by atoms with E-state index in [-0.39, 0.29) is 81.3 Å². The van der Waals surface area contributed by atoms with Crippen molar-refractivity contribution in [1.82, 2.24) is 9.97 Å². The van der Waals surface area contributed by atoms with E-state index in [2.05, 4.69) is 9.97 Å². The SMILES string of the molecule is [2H]C1=C(c2cc([2H])c([2H])c([2H])c2[2H])C([2H])C([2H])([2H])C(c2c([2H])c([2H])c([2H])c(-c3ccc4oc5c(-c6c([2H])cc([2H])c(-c7c([2H])c([2H])c([2H])c8c7sc7c([2H])c([2H])c([2H])c([2H])c78)c6[2H])ncnc5c4c3)c2[2H])=C1[2H]. The maximum atomic E-state index is 9.55. The molecule has 3 aromatic heterocycles. The summed E-state index contributed by atoms with van der Waals surface area (Å²) < 4.78 is 208. The molecule has 0 spiro atoms. The van der Waals surface area contributed by atoms with Crippen LogP contribution in [0.4, 0.5) is 0 Å². The van der Waals surface area contributed by atoms with Crippen molar-refractivity contribution in [3.63, 3.8) is 0 Å². The van der Waals surface area contributed by atoms with E-state index in [1.807, 2.05) is 0 Å². The third-order valence-electron chi connectivity index (χ3n) is 8.04. The Morgan fingerprint density at radius 1 is 0.640 bits per heavy atom. The van der Waals surface area contributed by atoms with Crippen molar-refractivity contribution in [3.8, 4) is 33.5 Å². The van der Waals surface area contributed by atoms with Gasteiger partial charge in [0, 0.05) is 35.2 Å². The maximum Gasteiger partial charge on any atom is 0.180 e. The fraction of sp³-hybridized carbons (Fsp3) is 0.0435. The van der Waals surface area contributed by atoms with Gasteiger partial charge < -0.3 is 4.42 Å². The molecular weight excluding hydrogens is 629 g/mol. The Hall–Kier alpha value is -6.10. The van der Waals surface area contributed by atoms with Gasteiger partial charge in [-0.25, -0.2) is 9.97 Å². The van der Waals surface area contributed by atoms with Gasteiger partial charge in [-0.05, 0) is 87.6 Å². The second-order valence-electron chi connectivity index (χ2n) is 10.9. The molecule has 10 rings (SSSR count). The smallest absolute Gasteiger partial charge is 0.180 e. The predicted octanol–water partition coefficient (Wildman–Crippen LogP) is 13.0. The summed E-state index contributed by atoms with van der Waals surface area (Å²) in [6.07, 6.45) is -4.04. The molecule has 1 aliphatic rings. The molecule has 0 bridgehead atoms. The van der Waals surface area contributed by atoms with E-state index in [4.69, 9.17) is 33.2 Å². The zero-order valence-electron chi connectivity index (χ0n) is 48.3. The Balaban J connectivity index is 1.16. The highest BCUT2D eigenvalue weighted by atomic mass is 32.1. The molecule has 1 aliphatic carbocycles. The number of allylic oxidation sites excluding steroid dienone is 4. The Labute approximate surface area is 325 Å². The van der Waals surface area contributed by atoms with Crippen LogP contribution >= 0.6 is 11.3 Å². The van der Waals surface area contributed by atoms with Crippen LogP contribution in [0.5, 0.6) is 0 Å². The summed E-state index contributed by atoms with van der Waals surface area (Å²) in [6.45, 7) is 0. The summed E-state index contributed by atoms with van der Waals surface area (Å²) in [5.41, 5.74) is -3.39. The van der Waals surface area contributed by atoms with Gasteiger partial charge in [-0.3, -0.25) is 0 Å². The number of benzene rings is 6. The average molecular weight is 682 g/mol. The first-order valence-electron chi connectivity index (χ1n) is 26.6. The monoisotopic (exact) mass is 681 g/mol. The van der Waals surface area contributed by atoms with Gasteiger partial charge in [-0.1, -0.05) is 121 Å². The minimum Gasteiger partial charge on any atom is -0.452 e. The maximum absolute atomic E-state index is 9.55. The Morgan fingerprint density at radius 3 is 2.46 bits per heavy atom. The minimum absolute atomic E-state index is 0.0324. The number of nitrogens with zero attached hydrogens (tertiary/aromatic N) is 2. The number of hydrogen-bond donors (Lipinski definition) is 0. The third kappa shape index (κ3) is 4.88. The first-order chi connectivity index (χ1) is 34.3. The molecule has 0 amide bonds. The molecule has 1 atom stereocenters. The molecule has 6 aromatic carbocycles. The van der Waals surface area contributed by atoms with E-state index in [9.17, 15) is 2.74 Å². The molecule has 0 radical (unpaired) electrons. The van der Waals surface area contributed by atoms with Gasteiger partial charge >= 0.3 is 0 Å².